The summed E-state index contributed by atoms with van der Waals surface area (Å²) in [6.07, 6.45) is 0.236. The number of ether oxygens (including phenoxy) is 1. The van der Waals surface area contributed by atoms with Crippen LogP contribution in [0.4, 0.5) is 5.69 Å². The van der Waals surface area contributed by atoms with Crippen molar-refractivity contribution >= 4 is 17.5 Å². The molecule has 2 aromatic carbocycles. The second kappa shape index (κ2) is 9.26. The molecule has 156 valence electrons. The zero-order valence-corrected chi connectivity index (χ0v) is 17.7. The van der Waals surface area contributed by atoms with Gasteiger partial charge in [-0.1, -0.05) is 18.2 Å². The van der Waals surface area contributed by atoms with Crippen LogP contribution in [0.1, 0.15) is 17.0 Å². The molecule has 7 nitrogen and oxygen atoms in total. The van der Waals surface area contributed by atoms with Gasteiger partial charge in [-0.2, -0.15) is 5.10 Å². The highest BCUT2D eigenvalue weighted by Gasteiger charge is 2.16. The van der Waals surface area contributed by atoms with Crippen molar-refractivity contribution in [2.75, 3.05) is 26.0 Å². The minimum atomic E-state index is -0.120. The molecule has 0 aliphatic rings. The van der Waals surface area contributed by atoms with Gasteiger partial charge in [-0.25, -0.2) is 4.68 Å². The van der Waals surface area contributed by atoms with Crippen LogP contribution < -0.4 is 10.1 Å². The normalized spacial score (nSPS) is 10.5. The van der Waals surface area contributed by atoms with Gasteiger partial charge in [0.15, 0.2) is 6.61 Å². The van der Waals surface area contributed by atoms with E-state index in [2.05, 4.69) is 10.4 Å². The van der Waals surface area contributed by atoms with E-state index < -0.39 is 0 Å². The van der Waals surface area contributed by atoms with Crippen LogP contribution in [-0.4, -0.2) is 47.2 Å². The second-order valence-corrected chi connectivity index (χ2v) is 7.22. The molecule has 1 N–H and O–H groups in total. The van der Waals surface area contributed by atoms with E-state index in [0.717, 1.165) is 22.6 Å². The summed E-state index contributed by atoms with van der Waals surface area (Å²) >= 11 is 0. The van der Waals surface area contributed by atoms with Crippen LogP contribution in [-0.2, 0) is 16.0 Å². The van der Waals surface area contributed by atoms with Crippen molar-refractivity contribution in [3.8, 4) is 11.4 Å². The molecule has 0 spiro atoms. The van der Waals surface area contributed by atoms with Crippen LogP contribution in [0.3, 0.4) is 0 Å². The standard InChI is InChI=1S/C23H26N4O3/c1-16-21(17(2)27(25-16)19-8-6-5-7-9-19)14-22(28)24-18-10-12-20(13-11-18)30-15-23(29)26(3)4/h5-13H,14-15H2,1-4H3,(H,24,28). The van der Waals surface area contributed by atoms with Crippen molar-refractivity contribution in [3.63, 3.8) is 0 Å². The lowest BCUT2D eigenvalue weighted by Gasteiger charge is -2.12. The first kappa shape index (κ1) is 21.1. The number of carbonyl (C=O) groups excluding carboxylic acids is 2. The highest BCUT2D eigenvalue weighted by molar-refractivity contribution is 5.92. The number of nitrogens with zero attached hydrogens (tertiary/aromatic N) is 3. The third-order valence-corrected chi connectivity index (χ3v) is 4.78. The van der Waals surface area contributed by atoms with Crippen molar-refractivity contribution in [2.24, 2.45) is 0 Å². The summed E-state index contributed by atoms with van der Waals surface area (Å²) in [5.74, 6) is 0.332. The number of aryl methyl sites for hydroxylation is 1. The molecule has 1 heterocycles. The maximum absolute atomic E-state index is 12.6. The number of amides is 2. The van der Waals surface area contributed by atoms with E-state index in [1.165, 1.54) is 4.90 Å². The summed E-state index contributed by atoms with van der Waals surface area (Å²) in [6.45, 7) is 3.86. The summed E-state index contributed by atoms with van der Waals surface area (Å²) in [5, 5.41) is 7.49. The summed E-state index contributed by atoms with van der Waals surface area (Å²) < 4.78 is 7.31. The monoisotopic (exact) mass is 406 g/mol. The molecule has 0 saturated carbocycles. The number of anilines is 1. The molecule has 3 aromatic rings. The van der Waals surface area contributed by atoms with Crippen LogP contribution in [0.25, 0.3) is 5.69 Å². The predicted molar refractivity (Wildman–Crippen MR) is 116 cm³/mol. The summed E-state index contributed by atoms with van der Waals surface area (Å²) in [7, 11) is 3.36. The van der Waals surface area contributed by atoms with Crippen LogP contribution in [0.5, 0.6) is 5.75 Å². The molecule has 0 fully saturated rings. The number of hydrogen-bond acceptors (Lipinski definition) is 4. The fourth-order valence-corrected chi connectivity index (χ4v) is 3.03. The molecule has 0 radical (unpaired) electrons. The molecule has 2 amide bonds. The van der Waals surface area contributed by atoms with Crippen LogP contribution in [0.2, 0.25) is 0 Å². The van der Waals surface area contributed by atoms with E-state index in [-0.39, 0.29) is 24.8 Å². The maximum Gasteiger partial charge on any atom is 0.259 e. The number of rotatable bonds is 7. The van der Waals surface area contributed by atoms with Gasteiger partial charge in [0, 0.05) is 31.0 Å². The van der Waals surface area contributed by atoms with E-state index in [1.54, 1.807) is 38.4 Å². The van der Waals surface area contributed by atoms with Crippen molar-refractivity contribution in [1.82, 2.24) is 14.7 Å². The average Bonchev–Trinajstić information content (AvgIpc) is 3.01. The Balaban J connectivity index is 1.62. The molecule has 0 saturated heterocycles. The van der Waals surface area contributed by atoms with Gasteiger partial charge in [0.2, 0.25) is 5.91 Å². The minimum Gasteiger partial charge on any atom is -0.484 e. The number of para-hydroxylation sites is 1. The summed E-state index contributed by atoms with van der Waals surface area (Å²) in [5.41, 5.74) is 4.33. The maximum atomic E-state index is 12.6. The molecular weight excluding hydrogens is 380 g/mol. The number of carbonyl (C=O) groups is 2. The number of hydrogen-bond donors (Lipinski definition) is 1. The largest absolute Gasteiger partial charge is 0.484 e. The zero-order valence-electron chi connectivity index (χ0n) is 17.7. The fraction of sp³-hybridized carbons (Fsp3) is 0.261. The molecule has 0 aliphatic carbocycles. The highest BCUT2D eigenvalue weighted by atomic mass is 16.5. The van der Waals surface area contributed by atoms with E-state index >= 15 is 0 Å². The zero-order chi connectivity index (χ0) is 21.7. The van der Waals surface area contributed by atoms with Gasteiger partial charge >= 0.3 is 0 Å². The Kier molecular flexibility index (Phi) is 6.51. The van der Waals surface area contributed by atoms with Gasteiger partial charge in [-0.15, -0.1) is 0 Å². The van der Waals surface area contributed by atoms with E-state index in [4.69, 9.17) is 4.74 Å². The lowest BCUT2D eigenvalue weighted by molar-refractivity contribution is -0.130. The van der Waals surface area contributed by atoms with Crippen molar-refractivity contribution in [3.05, 3.63) is 71.5 Å². The van der Waals surface area contributed by atoms with Crippen molar-refractivity contribution < 1.29 is 14.3 Å². The second-order valence-electron chi connectivity index (χ2n) is 7.22. The van der Waals surface area contributed by atoms with Gasteiger partial charge in [0.1, 0.15) is 5.75 Å². The SMILES string of the molecule is Cc1nn(-c2ccccc2)c(C)c1CC(=O)Nc1ccc(OCC(=O)N(C)C)cc1. The summed E-state index contributed by atoms with van der Waals surface area (Å²) in [4.78, 5) is 25.6. The molecule has 0 unspecified atom stereocenters. The Morgan fingerprint density at radius 2 is 1.70 bits per heavy atom. The number of nitrogens with one attached hydrogen (secondary N) is 1. The van der Waals surface area contributed by atoms with Gasteiger partial charge in [0.25, 0.3) is 5.91 Å². The molecule has 0 aliphatic heterocycles. The van der Waals surface area contributed by atoms with Gasteiger partial charge < -0.3 is 15.0 Å². The van der Waals surface area contributed by atoms with Gasteiger partial charge in [-0.05, 0) is 50.2 Å². The quantitative estimate of drug-likeness (QED) is 0.654. The lowest BCUT2D eigenvalue weighted by Crippen LogP contribution is -2.27. The number of benzene rings is 2. The molecule has 1 aromatic heterocycles. The Morgan fingerprint density at radius 1 is 1.03 bits per heavy atom. The first-order valence-electron chi connectivity index (χ1n) is 9.68. The third-order valence-electron chi connectivity index (χ3n) is 4.78. The van der Waals surface area contributed by atoms with Crippen LogP contribution >= 0.6 is 0 Å². The van der Waals surface area contributed by atoms with E-state index in [1.807, 2.05) is 48.9 Å². The van der Waals surface area contributed by atoms with Crippen molar-refractivity contribution in [1.29, 1.82) is 0 Å². The molecule has 30 heavy (non-hydrogen) atoms. The Hall–Kier alpha value is -3.61. The van der Waals surface area contributed by atoms with Crippen LogP contribution in [0.15, 0.2) is 54.6 Å². The van der Waals surface area contributed by atoms with Crippen LogP contribution in [0, 0.1) is 13.8 Å². The summed E-state index contributed by atoms with van der Waals surface area (Å²) in [6, 6.07) is 16.8. The number of likely N-dealkylation sites (N-methyl/N-ethyl adjacent to an activating group) is 1. The molecule has 7 heteroatoms. The predicted octanol–water partition coefficient (Wildman–Crippen LogP) is 3.14. The molecule has 0 atom stereocenters. The lowest BCUT2D eigenvalue weighted by atomic mass is 10.1. The Morgan fingerprint density at radius 3 is 2.33 bits per heavy atom. The number of aromatic nitrogens is 2. The molecule has 0 bridgehead atoms. The van der Waals surface area contributed by atoms with Gasteiger partial charge in [-0.3, -0.25) is 9.59 Å². The highest BCUT2D eigenvalue weighted by Crippen LogP contribution is 2.20. The van der Waals surface area contributed by atoms with Gasteiger partial charge in [0.05, 0.1) is 17.8 Å². The molecule has 3 rings (SSSR count). The topological polar surface area (TPSA) is 76.5 Å². The fourth-order valence-electron chi connectivity index (χ4n) is 3.03. The first-order chi connectivity index (χ1) is 14.3. The smallest absolute Gasteiger partial charge is 0.259 e. The van der Waals surface area contributed by atoms with E-state index in [9.17, 15) is 9.59 Å². The molecular formula is C23H26N4O3. The van der Waals surface area contributed by atoms with Crippen molar-refractivity contribution in [2.45, 2.75) is 20.3 Å². The Bertz CT molecular complexity index is 1020. The minimum absolute atomic E-state index is 0.0251. The Labute approximate surface area is 176 Å². The van der Waals surface area contributed by atoms with E-state index in [0.29, 0.717) is 11.4 Å². The third kappa shape index (κ3) is 5.05. The average molecular weight is 406 g/mol. The first-order valence-corrected chi connectivity index (χ1v) is 9.68.